The average Bonchev–Trinajstić information content (AvgIpc) is 2.26. The lowest BCUT2D eigenvalue weighted by atomic mass is 10.1. The number of fused-ring (bicyclic) bond motifs is 1. The van der Waals surface area contributed by atoms with Crippen molar-refractivity contribution in [3.63, 3.8) is 0 Å². The molecule has 0 saturated heterocycles. The van der Waals surface area contributed by atoms with Crippen molar-refractivity contribution in [2.24, 2.45) is 0 Å². The van der Waals surface area contributed by atoms with Crippen LogP contribution >= 0.6 is 11.6 Å². The van der Waals surface area contributed by atoms with Gasteiger partial charge in [0.05, 0.1) is 0 Å². The second-order valence-electron chi connectivity index (χ2n) is 3.18. The molecule has 0 amide bonds. The molecule has 0 bridgehead atoms. The maximum atomic E-state index is 5.61. The Balaban J connectivity index is 2.32. The molecule has 2 heteroatoms. The van der Waals surface area contributed by atoms with Crippen LogP contribution in [0.5, 0.6) is 0 Å². The molecule has 0 unspecified atom stereocenters. The minimum atomic E-state index is 0.632. The lowest BCUT2D eigenvalue weighted by molar-refractivity contribution is 1.22. The Morgan fingerprint density at radius 1 is 1.00 bits per heavy atom. The predicted molar refractivity (Wildman–Crippen MR) is 63.2 cm³/mol. The fourth-order valence-corrected chi connectivity index (χ4v) is 1.59. The van der Waals surface area contributed by atoms with Gasteiger partial charge in [-0.2, -0.15) is 0 Å². The minimum Gasteiger partial charge on any atom is -0.384 e. The average molecular weight is 206 g/mol. The number of halogens is 1. The number of hydrogen-bond donors (Lipinski definition) is 1. The third kappa shape index (κ3) is 1.99. The zero-order valence-electron chi connectivity index (χ0n) is 7.83. The van der Waals surface area contributed by atoms with E-state index in [2.05, 4.69) is 35.6 Å². The Kier molecular flexibility index (Phi) is 2.90. The van der Waals surface area contributed by atoms with E-state index in [9.17, 15) is 0 Å². The van der Waals surface area contributed by atoms with E-state index in [-0.39, 0.29) is 0 Å². The van der Waals surface area contributed by atoms with Gasteiger partial charge in [0.25, 0.3) is 0 Å². The maximum Gasteiger partial charge on any atom is 0.0396 e. The van der Waals surface area contributed by atoms with Gasteiger partial charge in [0.15, 0.2) is 0 Å². The second-order valence-corrected chi connectivity index (χ2v) is 3.56. The number of hydrogen-bond acceptors (Lipinski definition) is 1. The number of benzene rings is 2. The summed E-state index contributed by atoms with van der Waals surface area (Å²) < 4.78 is 0. The SMILES string of the molecule is ClCCNc1ccc2ccccc2c1. The molecule has 1 nitrogen and oxygen atoms in total. The summed E-state index contributed by atoms with van der Waals surface area (Å²) in [6, 6.07) is 14.7. The van der Waals surface area contributed by atoms with Crippen molar-refractivity contribution in [3.8, 4) is 0 Å². The molecule has 0 aromatic heterocycles. The molecule has 0 heterocycles. The highest BCUT2D eigenvalue weighted by atomic mass is 35.5. The second kappa shape index (κ2) is 4.34. The highest BCUT2D eigenvalue weighted by Crippen LogP contribution is 2.18. The number of anilines is 1. The zero-order chi connectivity index (χ0) is 9.80. The molecule has 0 fully saturated rings. The largest absolute Gasteiger partial charge is 0.384 e. The molecular formula is C12H12ClN. The van der Waals surface area contributed by atoms with Crippen LogP contribution < -0.4 is 5.32 Å². The standard InChI is InChI=1S/C12H12ClN/c13-7-8-14-12-6-5-10-3-1-2-4-11(10)9-12/h1-6,9,14H,7-8H2. The summed E-state index contributed by atoms with van der Waals surface area (Å²) in [7, 11) is 0. The lowest BCUT2D eigenvalue weighted by Gasteiger charge is -2.05. The van der Waals surface area contributed by atoms with E-state index in [4.69, 9.17) is 11.6 Å². The van der Waals surface area contributed by atoms with Crippen LogP contribution in [0.1, 0.15) is 0 Å². The van der Waals surface area contributed by atoms with Crippen LogP contribution in [0, 0.1) is 0 Å². The van der Waals surface area contributed by atoms with Gasteiger partial charge in [0.1, 0.15) is 0 Å². The molecule has 0 spiro atoms. The smallest absolute Gasteiger partial charge is 0.0396 e. The van der Waals surface area contributed by atoms with Crippen LogP contribution in [0.15, 0.2) is 42.5 Å². The van der Waals surface area contributed by atoms with Crippen LogP contribution in [0.4, 0.5) is 5.69 Å². The summed E-state index contributed by atoms with van der Waals surface area (Å²) in [4.78, 5) is 0. The van der Waals surface area contributed by atoms with E-state index < -0.39 is 0 Å². The molecule has 0 saturated carbocycles. The molecule has 0 atom stereocenters. The first kappa shape index (κ1) is 9.35. The van der Waals surface area contributed by atoms with E-state index in [1.807, 2.05) is 12.1 Å². The number of rotatable bonds is 3. The van der Waals surface area contributed by atoms with E-state index in [1.165, 1.54) is 10.8 Å². The van der Waals surface area contributed by atoms with E-state index in [0.29, 0.717) is 5.88 Å². The lowest BCUT2D eigenvalue weighted by Crippen LogP contribution is -2.01. The van der Waals surface area contributed by atoms with Gasteiger partial charge < -0.3 is 5.32 Å². The molecular weight excluding hydrogens is 194 g/mol. The Bertz CT molecular complexity index is 425. The summed E-state index contributed by atoms with van der Waals surface area (Å²) in [5, 5.41) is 5.78. The van der Waals surface area contributed by atoms with Gasteiger partial charge in [-0.1, -0.05) is 30.3 Å². The molecule has 2 aromatic rings. The van der Waals surface area contributed by atoms with Crippen molar-refractivity contribution >= 4 is 28.1 Å². The fraction of sp³-hybridized carbons (Fsp3) is 0.167. The van der Waals surface area contributed by atoms with Crippen LogP contribution in [0.2, 0.25) is 0 Å². The van der Waals surface area contributed by atoms with Gasteiger partial charge in [-0.05, 0) is 22.9 Å². The fourth-order valence-electron chi connectivity index (χ4n) is 1.49. The van der Waals surface area contributed by atoms with E-state index in [1.54, 1.807) is 0 Å². The molecule has 1 N–H and O–H groups in total. The molecule has 0 aliphatic heterocycles. The predicted octanol–water partition coefficient (Wildman–Crippen LogP) is 3.49. The third-order valence-corrected chi connectivity index (χ3v) is 2.36. The minimum absolute atomic E-state index is 0.632. The van der Waals surface area contributed by atoms with Gasteiger partial charge >= 0.3 is 0 Å². The van der Waals surface area contributed by atoms with Crippen molar-refractivity contribution in [1.82, 2.24) is 0 Å². The summed E-state index contributed by atoms with van der Waals surface area (Å²) >= 11 is 5.61. The van der Waals surface area contributed by atoms with Crippen LogP contribution in [-0.4, -0.2) is 12.4 Å². The molecule has 0 aliphatic carbocycles. The van der Waals surface area contributed by atoms with E-state index >= 15 is 0 Å². The molecule has 2 rings (SSSR count). The Morgan fingerprint density at radius 2 is 1.79 bits per heavy atom. The van der Waals surface area contributed by atoms with Gasteiger partial charge in [0, 0.05) is 18.1 Å². The van der Waals surface area contributed by atoms with Crippen LogP contribution in [0.25, 0.3) is 10.8 Å². The van der Waals surface area contributed by atoms with Crippen molar-refractivity contribution in [2.75, 3.05) is 17.7 Å². The maximum absolute atomic E-state index is 5.61. The molecule has 0 aliphatic rings. The Hall–Kier alpha value is -1.21. The van der Waals surface area contributed by atoms with Gasteiger partial charge in [-0.3, -0.25) is 0 Å². The van der Waals surface area contributed by atoms with Gasteiger partial charge in [-0.15, -0.1) is 11.6 Å². The molecule has 2 aromatic carbocycles. The summed E-state index contributed by atoms with van der Waals surface area (Å²) in [6.07, 6.45) is 0. The highest BCUT2D eigenvalue weighted by Gasteiger charge is 1.94. The quantitative estimate of drug-likeness (QED) is 0.757. The van der Waals surface area contributed by atoms with Crippen molar-refractivity contribution in [3.05, 3.63) is 42.5 Å². The summed E-state index contributed by atoms with van der Waals surface area (Å²) in [6.45, 7) is 0.805. The monoisotopic (exact) mass is 205 g/mol. The number of alkyl halides is 1. The molecule has 0 radical (unpaired) electrons. The molecule has 72 valence electrons. The van der Waals surface area contributed by atoms with Crippen molar-refractivity contribution < 1.29 is 0 Å². The summed E-state index contributed by atoms with van der Waals surface area (Å²) in [5.41, 5.74) is 1.13. The highest BCUT2D eigenvalue weighted by molar-refractivity contribution is 6.18. The van der Waals surface area contributed by atoms with Crippen LogP contribution in [0.3, 0.4) is 0 Å². The van der Waals surface area contributed by atoms with Gasteiger partial charge in [0.2, 0.25) is 0 Å². The Morgan fingerprint density at radius 3 is 2.57 bits per heavy atom. The normalized spacial score (nSPS) is 10.4. The third-order valence-electron chi connectivity index (χ3n) is 2.17. The number of nitrogens with one attached hydrogen (secondary N) is 1. The van der Waals surface area contributed by atoms with Crippen molar-refractivity contribution in [1.29, 1.82) is 0 Å². The first-order valence-corrected chi connectivity index (χ1v) is 5.22. The Labute approximate surface area is 88.7 Å². The zero-order valence-corrected chi connectivity index (χ0v) is 8.59. The molecule has 14 heavy (non-hydrogen) atoms. The first-order valence-electron chi connectivity index (χ1n) is 4.69. The van der Waals surface area contributed by atoms with Crippen molar-refractivity contribution in [2.45, 2.75) is 0 Å². The van der Waals surface area contributed by atoms with E-state index in [0.717, 1.165) is 12.2 Å². The topological polar surface area (TPSA) is 12.0 Å². The van der Waals surface area contributed by atoms with Gasteiger partial charge in [-0.25, -0.2) is 0 Å². The summed E-state index contributed by atoms with van der Waals surface area (Å²) in [5.74, 6) is 0.632. The first-order chi connectivity index (χ1) is 6.90. The van der Waals surface area contributed by atoms with Crippen LogP contribution in [-0.2, 0) is 0 Å².